The Kier molecular flexibility index (Phi) is 8.19. The molecule has 0 saturated carbocycles. The van der Waals surface area contributed by atoms with Crippen LogP contribution in [0.1, 0.15) is 34.6 Å². The molecule has 6 heteroatoms. The molecule has 0 spiro atoms. The first-order valence-electron chi connectivity index (χ1n) is 6.38. The number of nitrogens with two attached hydrogens (primary N) is 2. The van der Waals surface area contributed by atoms with Crippen molar-refractivity contribution in [1.82, 2.24) is 0 Å². The quantitative estimate of drug-likeness (QED) is 0.604. The second-order valence-electron chi connectivity index (χ2n) is 4.15. The SMILES string of the molecule is CCO[Si](OCC)(OCC)C(N)C(C)C(C)N. The highest BCUT2D eigenvalue weighted by Crippen LogP contribution is 2.21. The van der Waals surface area contributed by atoms with Gasteiger partial charge in [0, 0.05) is 25.9 Å². The summed E-state index contributed by atoms with van der Waals surface area (Å²) in [4.78, 5) is 0. The molecule has 0 aromatic carbocycles. The van der Waals surface area contributed by atoms with Crippen LogP contribution < -0.4 is 11.5 Å². The van der Waals surface area contributed by atoms with Gasteiger partial charge in [0.2, 0.25) is 0 Å². The van der Waals surface area contributed by atoms with Crippen LogP contribution in [0.3, 0.4) is 0 Å². The van der Waals surface area contributed by atoms with Gasteiger partial charge in [0.25, 0.3) is 0 Å². The van der Waals surface area contributed by atoms with Gasteiger partial charge in [-0.05, 0) is 33.6 Å². The smallest absolute Gasteiger partial charge is 0.373 e. The Hall–Kier alpha value is 0.0169. The van der Waals surface area contributed by atoms with Gasteiger partial charge in [0.1, 0.15) is 0 Å². The Balaban J connectivity index is 4.95. The van der Waals surface area contributed by atoms with Crippen LogP contribution in [0.25, 0.3) is 0 Å². The van der Waals surface area contributed by atoms with Gasteiger partial charge in [-0.25, -0.2) is 0 Å². The molecule has 0 aromatic rings. The third-order valence-electron chi connectivity index (χ3n) is 2.84. The van der Waals surface area contributed by atoms with Crippen molar-refractivity contribution >= 4 is 8.80 Å². The summed E-state index contributed by atoms with van der Waals surface area (Å²) < 4.78 is 17.3. The lowest BCUT2D eigenvalue weighted by Crippen LogP contribution is -2.64. The van der Waals surface area contributed by atoms with Gasteiger partial charge in [0.15, 0.2) is 0 Å². The monoisotopic (exact) mass is 264 g/mol. The summed E-state index contributed by atoms with van der Waals surface area (Å²) in [5, 5.41) is 0. The lowest BCUT2D eigenvalue weighted by Gasteiger charge is -2.37. The van der Waals surface area contributed by atoms with E-state index < -0.39 is 8.80 Å². The first-order chi connectivity index (χ1) is 7.95. The average molecular weight is 264 g/mol. The Morgan fingerprint density at radius 2 is 1.24 bits per heavy atom. The van der Waals surface area contributed by atoms with Crippen molar-refractivity contribution < 1.29 is 13.3 Å². The molecular formula is C11H28N2O3Si. The first-order valence-corrected chi connectivity index (χ1v) is 8.18. The molecule has 0 fully saturated rings. The van der Waals surface area contributed by atoms with Gasteiger partial charge >= 0.3 is 8.80 Å². The normalized spacial score (nSPS) is 17.8. The molecular weight excluding hydrogens is 236 g/mol. The largest absolute Gasteiger partial charge is 0.518 e. The highest BCUT2D eigenvalue weighted by Gasteiger charge is 2.50. The first kappa shape index (κ1) is 17.0. The van der Waals surface area contributed by atoms with Crippen molar-refractivity contribution in [2.75, 3.05) is 19.8 Å². The zero-order chi connectivity index (χ0) is 13.5. The van der Waals surface area contributed by atoms with E-state index in [0.29, 0.717) is 19.8 Å². The van der Waals surface area contributed by atoms with Crippen LogP contribution in [0.15, 0.2) is 0 Å². The van der Waals surface area contributed by atoms with E-state index in [-0.39, 0.29) is 17.6 Å². The summed E-state index contributed by atoms with van der Waals surface area (Å²) in [7, 11) is -2.83. The molecule has 3 unspecified atom stereocenters. The van der Waals surface area contributed by atoms with Gasteiger partial charge in [0.05, 0.1) is 5.67 Å². The molecule has 0 rings (SSSR count). The number of rotatable bonds is 9. The topological polar surface area (TPSA) is 79.7 Å². The van der Waals surface area contributed by atoms with E-state index in [1.165, 1.54) is 0 Å². The predicted molar refractivity (Wildman–Crippen MR) is 71.4 cm³/mol. The third-order valence-corrected chi connectivity index (χ3v) is 6.26. The van der Waals surface area contributed by atoms with E-state index in [2.05, 4.69) is 0 Å². The van der Waals surface area contributed by atoms with Crippen molar-refractivity contribution in [1.29, 1.82) is 0 Å². The van der Waals surface area contributed by atoms with Crippen LogP contribution in [-0.2, 0) is 13.3 Å². The lowest BCUT2D eigenvalue weighted by molar-refractivity contribution is 0.0551. The number of hydrogen-bond acceptors (Lipinski definition) is 5. The van der Waals surface area contributed by atoms with Crippen molar-refractivity contribution in [3.63, 3.8) is 0 Å². The van der Waals surface area contributed by atoms with Gasteiger partial charge < -0.3 is 24.7 Å². The summed E-state index contributed by atoms with van der Waals surface area (Å²) in [5.41, 5.74) is 11.9. The van der Waals surface area contributed by atoms with Crippen LogP contribution in [0.4, 0.5) is 0 Å². The van der Waals surface area contributed by atoms with Crippen molar-refractivity contribution in [2.24, 2.45) is 17.4 Å². The van der Waals surface area contributed by atoms with E-state index >= 15 is 0 Å². The van der Waals surface area contributed by atoms with Gasteiger partial charge in [-0.3, -0.25) is 0 Å². The summed E-state index contributed by atoms with van der Waals surface area (Å²) in [5.74, 6) is 0.0892. The minimum absolute atomic E-state index is 0.0155. The molecule has 0 amide bonds. The summed E-state index contributed by atoms with van der Waals surface area (Å²) in [6.45, 7) is 11.3. The molecule has 0 aromatic heterocycles. The molecule has 0 saturated heterocycles. The maximum atomic E-state index is 6.26. The third kappa shape index (κ3) is 4.65. The molecule has 104 valence electrons. The van der Waals surface area contributed by atoms with Gasteiger partial charge in [-0.1, -0.05) is 6.92 Å². The molecule has 0 heterocycles. The zero-order valence-electron chi connectivity index (χ0n) is 11.7. The van der Waals surface area contributed by atoms with Crippen LogP contribution in [0.2, 0.25) is 0 Å². The Labute approximate surface area is 106 Å². The molecule has 0 radical (unpaired) electrons. The fourth-order valence-corrected chi connectivity index (χ4v) is 4.65. The standard InChI is InChI=1S/C11H28N2O3Si/c1-6-14-17(15-7-2,16-8-3)11(13)9(4)10(5)12/h9-11H,6-8,12-13H2,1-5H3. The molecule has 5 nitrogen and oxygen atoms in total. The van der Waals surface area contributed by atoms with Crippen molar-refractivity contribution in [3.05, 3.63) is 0 Å². The van der Waals surface area contributed by atoms with E-state index in [1.54, 1.807) is 0 Å². The second kappa shape index (κ2) is 8.18. The predicted octanol–water partition coefficient (Wildman–Crippen LogP) is 0.885. The maximum absolute atomic E-state index is 6.26. The fourth-order valence-electron chi connectivity index (χ4n) is 1.67. The van der Waals surface area contributed by atoms with E-state index in [4.69, 9.17) is 24.7 Å². The van der Waals surface area contributed by atoms with Gasteiger partial charge in [-0.15, -0.1) is 0 Å². The second-order valence-corrected chi connectivity index (χ2v) is 6.89. The van der Waals surface area contributed by atoms with E-state index in [0.717, 1.165) is 0 Å². The van der Waals surface area contributed by atoms with Crippen molar-refractivity contribution in [3.8, 4) is 0 Å². The average Bonchev–Trinajstić information content (AvgIpc) is 2.27. The summed E-state index contributed by atoms with van der Waals surface area (Å²) >= 11 is 0. The molecule has 0 aliphatic rings. The zero-order valence-corrected chi connectivity index (χ0v) is 12.7. The van der Waals surface area contributed by atoms with Crippen LogP contribution in [0, 0.1) is 5.92 Å². The van der Waals surface area contributed by atoms with Crippen LogP contribution in [0.5, 0.6) is 0 Å². The lowest BCUT2D eigenvalue weighted by atomic mass is 10.1. The minimum Gasteiger partial charge on any atom is -0.373 e. The molecule has 4 N–H and O–H groups in total. The highest BCUT2D eigenvalue weighted by atomic mass is 28.4. The number of hydrogen-bond donors (Lipinski definition) is 2. The Morgan fingerprint density at radius 3 is 1.47 bits per heavy atom. The Bertz CT molecular complexity index is 188. The van der Waals surface area contributed by atoms with E-state index in [9.17, 15) is 0 Å². The molecule has 17 heavy (non-hydrogen) atoms. The fraction of sp³-hybridized carbons (Fsp3) is 1.00. The highest BCUT2D eigenvalue weighted by molar-refractivity contribution is 6.62. The summed E-state index contributed by atoms with van der Waals surface area (Å²) in [6, 6.07) is -0.0155. The summed E-state index contributed by atoms with van der Waals surface area (Å²) in [6.07, 6.45) is 0. The van der Waals surface area contributed by atoms with Crippen molar-refractivity contribution in [2.45, 2.75) is 46.3 Å². The van der Waals surface area contributed by atoms with E-state index in [1.807, 2.05) is 34.6 Å². The maximum Gasteiger partial charge on any atom is 0.518 e. The van der Waals surface area contributed by atoms with Gasteiger partial charge in [-0.2, -0.15) is 0 Å². The molecule has 3 atom stereocenters. The molecule has 0 bridgehead atoms. The van der Waals surface area contributed by atoms with Crippen LogP contribution >= 0.6 is 0 Å². The minimum atomic E-state index is -2.83. The molecule has 0 aliphatic carbocycles. The Morgan fingerprint density at radius 1 is 0.882 bits per heavy atom. The van der Waals surface area contributed by atoms with Crippen LogP contribution in [-0.4, -0.2) is 40.3 Å². The molecule has 0 aliphatic heterocycles.